The van der Waals surface area contributed by atoms with Crippen LogP contribution in [-0.4, -0.2) is 59.3 Å². The molecule has 0 aliphatic carbocycles. The zero-order chi connectivity index (χ0) is 18.8. The minimum Gasteiger partial charge on any atom is -0.365 e. The fourth-order valence-electron chi connectivity index (χ4n) is 4.39. The molecule has 2 N–H and O–H groups in total. The molecule has 2 amide bonds. The Morgan fingerprint density at radius 1 is 1.19 bits per heavy atom. The van der Waals surface area contributed by atoms with Crippen molar-refractivity contribution in [3.63, 3.8) is 0 Å². The topological polar surface area (TPSA) is 79.5 Å². The number of carbonyl (C=O) groups is 2. The minimum absolute atomic E-state index is 0.143. The van der Waals surface area contributed by atoms with Crippen LogP contribution in [-0.2, 0) is 4.79 Å². The van der Waals surface area contributed by atoms with E-state index in [0.717, 1.165) is 48.3 Å². The lowest BCUT2D eigenvalue weighted by Crippen LogP contribution is -2.45. The molecular formula is C20H26N4O2S. The quantitative estimate of drug-likeness (QED) is 0.876. The first-order valence-electron chi connectivity index (χ1n) is 9.81. The number of hydrogen-bond donors (Lipinski definition) is 1. The van der Waals surface area contributed by atoms with Crippen LogP contribution in [0.25, 0.3) is 10.2 Å². The van der Waals surface area contributed by atoms with Crippen molar-refractivity contribution >= 4 is 33.4 Å². The van der Waals surface area contributed by atoms with Crippen LogP contribution in [0.2, 0.25) is 0 Å². The molecule has 4 rings (SSSR count). The molecule has 2 aliphatic heterocycles. The molecule has 4 heterocycles. The molecule has 2 saturated heterocycles. The molecule has 6 nitrogen and oxygen atoms in total. The number of hydrogen-bond acceptors (Lipinski definition) is 5. The van der Waals surface area contributed by atoms with Gasteiger partial charge >= 0.3 is 0 Å². The highest BCUT2D eigenvalue weighted by Gasteiger charge is 2.30. The van der Waals surface area contributed by atoms with Gasteiger partial charge in [-0.3, -0.25) is 14.5 Å². The second-order valence-corrected chi connectivity index (χ2v) is 8.58. The molecule has 0 saturated carbocycles. The maximum absolute atomic E-state index is 12.8. The predicted octanol–water partition coefficient (Wildman–Crippen LogP) is 2.59. The molecule has 2 aromatic heterocycles. The molecule has 2 aromatic rings. The Morgan fingerprint density at radius 2 is 2.00 bits per heavy atom. The average Bonchev–Trinajstić information content (AvgIpc) is 3.09. The number of piperidine rings is 2. The number of nitrogens with two attached hydrogens (primary N) is 1. The van der Waals surface area contributed by atoms with E-state index in [1.54, 1.807) is 6.20 Å². The van der Waals surface area contributed by atoms with E-state index in [1.807, 2.05) is 17.0 Å². The molecule has 27 heavy (non-hydrogen) atoms. The van der Waals surface area contributed by atoms with Crippen LogP contribution < -0.4 is 5.73 Å². The second kappa shape index (κ2) is 7.94. The third-order valence-corrected chi connectivity index (χ3v) is 6.86. The Morgan fingerprint density at radius 3 is 2.78 bits per heavy atom. The summed E-state index contributed by atoms with van der Waals surface area (Å²) in [5, 5.41) is 1.01. The summed E-state index contributed by atoms with van der Waals surface area (Å²) in [5.74, 6) is -0.0471. The van der Waals surface area contributed by atoms with E-state index in [-0.39, 0.29) is 11.8 Å². The number of pyridine rings is 1. The number of rotatable bonds is 4. The van der Waals surface area contributed by atoms with Crippen molar-refractivity contribution in [2.45, 2.75) is 38.0 Å². The second-order valence-electron chi connectivity index (χ2n) is 7.58. The lowest BCUT2D eigenvalue weighted by atomic mass is 9.88. The van der Waals surface area contributed by atoms with Gasteiger partial charge in [0, 0.05) is 30.6 Å². The summed E-state index contributed by atoms with van der Waals surface area (Å²) in [6.45, 7) is 4.02. The van der Waals surface area contributed by atoms with Crippen molar-refractivity contribution in [3.8, 4) is 0 Å². The summed E-state index contributed by atoms with van der Waals surface area (Å²) >= 11 is 1.37. The first-order valence-corrected chi connectivity index (χ1v) is 10.6. The number of primary amides is 1. The molecule has 0 radical (unpaired) electrons. The summed E-state index contributed by atoms with van der Waals surface area (Å²) in [4.78, 5) is 35.0. The van der Waals surface area contributed by atoms with E-state index < -0.39 is 5.91 Å². The molecule has 7 heteroatoms. The Labute approximate surface area is 163 Å². The van der Waals surface area contributed by atoms with Gasteiger partial charge in [0.25, 0.3) is 5.91 Å². The molecule has 1 atom stereocenters. The van der Waals surface area contributed by atoms with Crippen molar-refractivity contribution in [2.24, 2.45) is 5.73 Å². The van der Waals surface area contributed by atoms with Gasteiger partial charge in [0.05, 0.1) is 11.4 Å². The predicted molar refractivity (Wildman–Crippen MR) is 107 cm³/mol. The van der Waals surface area contributed by atoms with Gasteiger partial charge in [0.1, 0.15) is 4.83 Å². The van der Waals surface area contributed by atoms with Gasteiger partial charge in [-0.25, -0.2) is 4.98 Å². The highest BCUT2D eigenvalue weighted by Crippen LogP contribution is 2.38. The van der Waals surface area contributed by atoms with E-state index in [2.05, 4.69) is 9.88 Å². The summed E-state index contributed by atoms with van der Waals surface area (Å²) in [6, 6.07) is 3.90. The van der Waals surface area contributed by atoms with Crippen LogP contribution in [0.1, 0.15) is 53.3 Å². The monoisotopic (exact) mass is 386 g/mol. The van der Waals surface area contributed by atoms with Crippen LogP contribution in [0.5, 0.6) is 0 Å². The van der Waals surface area contributed by atoms with Crippen molar-refractivity contribution in [1.29, 1.82) is 0 Å². The number of amides is 2. The fourth-order valence-corrected chi connectivity index (χ4v) is 5.47. The number of aromatic nitrogens is 1. The fraction of sp³-hybridized carbons (Fsp3) is 0.550. The molecule has 0 aromatic carbocycles. The number of nitrogens with zero attached hydrogens (tertiary/aromatic N) is 3. The van der Waals surface area contributed by atoms with Gasteiger partial charge < -0.3 is 10.6 Å². The standard InChI is InChI=1S/C20H26N4O2S/c21-19(26)18-17(15-7-4-8-22-20(15)27-18)14-6-5-11-24(12-14)16(25)13-23-9-2-1-3-10-23/h4,7-8,14H,1-3,5-6,9-13H2,(H2,21,26). The van der Waals surface area contributed by atoms with Gasteiger partial charge in [-0.15, -0.1) is 11.3 Å². The number of carbonyl (C=O) groups excluding carboxylic acids is 2. The Balaban J connectivity index is 1.54. The van der Waals surface area contributed by atoms with E-state index >= 15 is 0 Å². The molecule has 0 spiro atoms. The van der Waals surface area contributed by atoms with Gasteiger partial charge in [0.2, 0.25) is 5.91 Å². The highest BCUT2D eigenvalue weighted by atomic mass is 32.1. The molecule has 2 fully saturated rings. The van der Waals surface area contributed by atoms with E-state index in [1.165, 1.54) is 30.6 Å². The van der Waals surface area contributed by atoms with Crippen molar-refractivity contribution in [3.05, 3.63) is 28.8 Å². The highest BCUT2D eigenvalue weighted by molar-refractivity contribution is 7.20. The van der Waals surface area contributed by atoms with Crippen LogP contribution in [0.4, 0.5) is 0 Å². The molecule has 1 unspecified atom stereocenters. The Kier molecular flexibility index (Phi) is 5.41. The van der Waals surface area contributed by atoms with Crippen LogP contribution in [0.3, 0.4) is 0 Å². The van der Waals surface area contributed by atoms with Crippen LogP contribution in [0, 0.1) is 0 Å². The van der Waals surface area contributed by atoms with Gasteiger partial charge in [-0.05, 0) is 50.4 Å². The van der Waals surface area contributed by atoms with E-state index in [4.69, 9.17) is 5.73 Å². The summed E-state index contributed by atoms with van der Waals surface area (Å²) in [5.41, 5.74) is 6.65. The smallest absolute Gasteiger partial charge is 0.259 e. The summed E-state index contributed by atoms with van der Waals surface area (Å²) in [7, 11) is 0. The normalized spacial score (nSPS) is 21.5. The molecule has 2 aliphatic rings. The van der Waals surface area contributed by atoms with E-state index in [0.29, 0.717) is 18.0 Å². The Hall–Kier alpha value is -1.99. The zero-order valence-electron chi connectivity index (χ0n) is 15.5. The van der Waals surface area contributed by atoms with Crippen LogP contribution in [0.15, 0.2) is 18.3 Å². The van der Waals surface area contributed by atoms with Crippen molar-refractivity contribution < 1.29 is 9.59 Å². The van der Waals surface area contributed by atoms with Gasteiger partial charge in [-0.1, -0.05) is 12.5 Å². The number of fused-ring (bicyclic) bond motifs is 1. The average molecular weight is 387 g/mol. The maximum atomic E-state index is 12.8. The number of likely N-dealkylation sites (tertiary alicyclic amines) is 2. The van der Waals surface area contributed by atoms with Crippen molar-refractivity contribution in [2.75, 3.05) is 32.7 Å². The lowest BCUT2D eigenvalue weighted by molar-refractivity contribution is -0.133. The first kappa shape index (κ1) is 18.4. The van der Waals surface area contributed by atoms with E-state index in [9.17, 15) is 9.59 Å². The third kappa shape index (κ3) is 3.84. The Bertz CT molecular complexity index is 844. The minimum atomic E-state index is -0.398. The molecular weight excluding hydrogens is 360 g/mol. The summed E-state index contributed by atoms with van der Waals surface area (Å²) in [6.07, 6.45) is 7.30. The van der Waals surface area contributed by atoms with Crippen molar-refractivity contribution in [1.82, 2.24) is 14.8 Å². The van der Waals surface area contributed by atoms with Gasteiger partial charge in [0.15, 0.2) is 0 Å². The van der Waals surface area contributed by atoms with Crippen LogP contribution >= 0.6 is 11.3 Å². The van der Waals surface area contributed by atoms with Gasteiger partial charge in [-0.2, -0.15) is 0 Å². The third-order valence-electron chi connectivity index (χ3n) is 5.72. The molecule has 0 bridgehead atoms. The zero-order valence-corrected chi connectivity index (χ0v) is 16.3. The largest absolute Gasteiger partial charge is 0.365 e. The lowest BCUT2D eigenvalue weighted by Gasteiger charge is -2.35. The number of thiophene rings is 1. The summed E-state index contributed by atoms with van der Waals surface area (Å²) < 4.78 is 0. The SMILES string of the molecule is NC(=O)c1sc2ncccc2c1C1CCCN(C(=O)CN2CCCCC2)C1. The maximum Gasteiger partial charge on any atom is 0.259 e. The first-order chi connectivity index (χ1) is 13.1. The molecule has 144 valence electrons.